The number of benzene rings is 7. The fraction of sp³-hybridized carbons (Fsp3) is 0.151. The molecule has 1 aliphatic carbocycles. The van der Waals surface area contributed by atoms with Gasteiger partial charge in [0.1, 0.15) is 0 Å². The lowest BCUT2D eigenvalue weighted by molar-refractivity contribution is 0.332. The second kappa shape index (κ2) is 13.5. The summed E-state index contributed by atoms with van der Waals surface area (Å²) in [7, 11) is 0. The number of fused-ring (bicyclic) bond motifs is 4. The number of nitrogens with zero attached hydrogens (tertiary/aromatic N) is 4. The normalized spacial score (nSPS) is 14.5. The van der Waals surface area contributed by atoms with Crippen LogP contribution in [0.4, 0.5) is 0 Å². The van der Waals surface area contributed by atoms with Crippen molar-refractivity contribution in [2.24, 2.45) is 0 Å². The molecule has 9 aromatic rings. The lowest BCUT2D eigenvalue weighted by Gasteiger charge is -2.42. The molecule has 4 heteroatoms. The largest absolute Gasteiger partial charge is 0.309 e. The molecule has 0 saturated carbocycles. The van der Waals surface area contributed by atoms with E-state index in [-0.39, 0.29) is 10.8 Å². The van der Waals surface area contributed by atoms with Crippen LogP contribution in [0.3, 0.4) is 0 Å². The Labute approximate surface area is 334 Å². The molecule has 276 valence electrons. The minimum Gasteiger partial charge on any atom is -0.309 e. The van der Waals surface area contributed by atoms with Gasteiger partial charge in [0.2, 0.25) is 0 Å². The smallest absolute Gasteiger partial charge is 0.164 e. The first kappa shape index (κ1) is 34.8. The van der Waals surface area contributed by atoms with E-state index in [1.807, 2.05) is 18.2 Å². The Bertz CT molecular complexity index is 2830. The summed E-state index contributed by atoms with van der Waals surface area (Å²) in [4.78, 5) is 15.3. The van der Waals surface area contributed by atoms with Crippen LogP contribution in [0.5, 0.6) is 0 Å². The van der Waals surface area contributed by atoms with E-state index in [1.54, 1.807) is 0 Å². The van der Waals surface area contributed by atoms with E-state index in [0.717, 1.165) is 39.8 Å². The van der Waals surface area contributed by atoms with E-state index in [1.165, 1.54) is 50.6 Å². The molecule has 0 spiro atoms. The summed E-state index contributed by atoms with van der Waals surface area (Å²) in [6, 6.07) is 60.7. The monoisotopic (exact) mass is 736 g/mol. The zero-order valence-corrected chi connectivity index (χ0v) is 32.9. The van der Waals surface area contributed by atoms with Gasteiger partial charge in [-0.25, -0.2) is 15.0 Å². The predicted octanol–water partition coefficient (Wildman–Crippen LogP) is 13.7. The van der Waals surface area contributed by atoms with Gasteiger partial charge in [0.05, 0.1) is 11.0 Å². The van der Waals surface area contributed by atoms with Crippen molar-refractivity contribution in [2.45, 2.75) is 51.4 Å². The van der Waals surface area contributed by atoms with Gasteiger partial charge in [-0.2, -0.15) is 0 Å². The third-order valence-corrected chi connectivity index (χ3v) is 12.1. The molecule has 0 bridgehead atoms. The summed E-state index contributed by atoms with van der Waals surface area (Å²) in [5, 5.41) is 2.44. The minimum atomic E-state index is 0.0772. The molecule has 2 aromatic heterocycles. The van der Waals surface area contributed by atoms with Crippen molar-refractivity contribution in [1.29, 1.82) is 0 Å². The molecule has 0 aliphatic heterocycles. The second-order valence-corrected chi connectivity index (χ2v) is 16.8. The zero-order valence-electron chi connectivity index (χ0n) is 32.9. The van der Waals surface area contributed by atoms with Gasteiger partial charge in [-0.1, -0.05) is 143 Å². The maximum Gasteiger partial charge on any atom is 0.164 e. The Morgan fingerprint density at radius 1 is 0.368 bits per heavy atom. The van der Waals surface area contributed by atoms with Crippen molar-refractivity contribution in [3.8, 4) is 62.1 Å². The van der Waals surface area contributed by atoms with Crippen LogP contribution in [0, 0.1) is 0 Å². The molecule has 4 nitrogen and oxygen atoms in total. The van der Waals surface area contributed by atoms with Gasteiger partial charge in [-0.3, -0.25) is 0 Å². The molecular weight excluding hydrogens is 693 g/mol. The minimum absolute atomic E-state index is 0.0772. The number of hydrogen-bond acceptors (Lipinski definition) is 3. The average molecular weight is 737 g/mol. The maximum atomic E-state index is 5.17. The second-order valence-electron chi connectivity index (χ2n) is 16.8. The Hall–Kier alpha value is -6.65. The molecule has 57 heavy (non-hydrogen) atoms. The van der Waals surface area contributed by atoms with E-state index in [0.29, 0.717) is 17.5 Å². The average Bonchev–Trinajstić information content (AvgIpc) is 3.59. The van der Waals surface area contributed by atoms with Crippen LogP contribution in [0.1, 0.15) is 51.7 Å². The highest BCUT2D eigenvalue weighted by Crippen LogP contribution is 2.47. The lowest BCUT2D eigenvalue weighted by Crippen LogP contribution is -2.33. The molecule has 0 radical (unpaired) electrons. The fourth-order valence-electron chi connectivity index (χ4n) is 8.76. The van der Waals surface area contributed by atoms with Gasteiger partial charge in [-0.05, 0) is 112 Å². The quantitative estimate of drug-likeness (QED) is 0.171. The fourth-order valence-corrected chi connectivity index (χ4v) is 8.76. The molecule has 0 saturated heterocycles. The van der Waals surface area contributed by atoms with Crippen molar-refractivity contribution in [1.82, 2.24) is 19.5 Å². The first-order valence-electron chi connectivity index (χ1n) is 20.0. The van der Waals surface area contributed by atoms with Crippen LogP contribution >= 0.6 is 0 Å². The molecule has 0 atom stereocenters. The van der Waals surface area contributed by atoms with Crippen molar-refractivity contribution in [3.63, 3.8) is 0 Å². The summed E-state index contributed by atoms with van der Waals surface area (Å²) in [5.74, 6) is 2.02. The first-order chi connectivity index (χ1) is 27.7. The highest BCUT2D eigenvalue weighted by molar-refractivity contribution is 6.11. The standard InChI is InChI=1S/C53H44N4/c1-52(2)30-31-53(3,4)46-34-41(22-27-45(46)52)51-55-49(37-18-12-7-13-19-37)54-50(56-51)38-20-25-42(26-21-38)57-47-28-23-39(35-14-8-5-9-15-35)32-43(47)44-33-40(24-29-48(44)57)36-16-10-6-11-17-36/h5-29,32-34H,30-31H2,1-4H3. The highest BCUT2D eigenvalue weighted by atomic mass is 15.0. The Kier molecular flexibility index (Phi) is 8.26. The van der Waals surface area contributed by atoms with Gasteiger partial charge in [-0.15, -0.1) is 0 Å². The highest BCUT2D eigenvalue weighted by Gasteiger charge is 2.37. The summed E-state index contributed by atoms with van der Waals surface area (Å²) in [6.07, 6.45) is 2.32. The van der Waals surface area contributed by atoms with Crippen LogP contribution in [0.25, 0.3) is 83.9 Å². The molecule has 0 amide bonds. The predicted molar refractivity (Wildman–Crippen MR) is 237 cm³/mol. The molecule has 2 heterocycles. The third-order valence-electron chi connectivity index (χ3n) is 12.1. The van der Waals surface area contributed by atoms with Gasteiger partial charge >= 0.3 is 0 Å². The van der Waals surface area contributed by atoms with E-state index in [4.69, 9.17) is 15.0 Å². The number of rotatable bonds is 6. The SMILES string of the molecule is CC1(C)CCC(C)(C)c2cc(-c3nc(-c4ccccc4)nc(-c4ccc(-n5c6ccc(-c7ccccc7)cc6c6cc(-c7ccccc7)ccc65)cc4)n3)ccc21. The topological polar surface area (TPSA) is 43.6 Å². The first-order valence-corrected chi connectivity index (χ1v) is 20.0. The van der Waals surface area contributed by atoms with E-state index >= 15 is 0 Å². The Morgan fingerprint density at radius 3 is 1.28 bits per heavy atom. The molecular formula is C53H44N4. The van der Waals surface area contributed by atoms with E-state index in [9.17, 15) is 0 Å². The lowest BCUT2D eigenvalue weighted by atomic mass is 9.63. The Balaban J connectivity index is 1.10. The summed E-state index contributed by atoms with van der Waals surface area (Å²) < 4.78 is 2.38. The van der Waals surface area contributed by atoms with Crippen molar-refractivity contribution in [3.05, 3.63) is 181 Å². The van der Waals surface area contributed by atoms with Crippen LogP contribution in [0.15, 0.2) is 170 Å². The van der Waals surface area contributed by atoms with E-state index < -0.39 is 0 Å². The van der Waals surface area contributed by atoms with Crippen molar-refractivity contribution in [2.75, 3.05) is 0 Å². The van der Waals surface area contributed by atoms with Crippen LogP contribution in [0.2, 0.25) is 0 Å². The molecule has 0 N–H and O–H groups in total. The van der Waals surface area contributed by atoms with Crippen LogP contribution in [-0.4, -0.2) is 19.5 Å². The van der Waals surface area contributed by atoms with Gasteiger partial charge < -0.3 is 4.57 Å². The van der Waals surface area contributed by atoms with Crippen molar-refractivity contribution < 1.29 is 0 Å². The number of hydrogen-bond donors (Lipinski definition) is 0. The Morgan fingerprint density at radius 2 is 0.772 bits per heavy atom. The van der Waals surface area contributed by atoms with Crippen molar-refractivity contribution >= 4 is 21.8 Å². The van der Waals surface area contributed by atoms with Gasteiger partial charge in [0.25, 0.3) is 0 Å². The zero-order chi connectivity index (χ0) is 38.7. The van der Waals surface area contributed by atoms with Crippen LogP contribution < -0.4 is 0 Å². The molecule has 10 rings (SSSR count). The maximum absolute atomic E-state index is 5.17. The molecule has 0 unspecified atom stereocenters. The summed E-state index contributed by atoms with van der Waals surface area (Å²) in [5.41, 5.74) is 14.2. The molecule has 0 fully saturated rings. The van der Waals surface area contributed by atoms with Crippen LogP contribution in [-0.2, 0) is 10.8 Å². The molecule has 1 aliphatic rings. The molecule has 7 aromatic carbocycles. The summed E-state index contributed by atoms with van der Waals surface area (Å²) in [6.45, 7) is 9.45. The number of aromatic nitrogens is 4. The third kappa shape index (κ3) is 6.22. The van der Waals surface area contributed by atoms with Gasteiger partial charge in [0.15, 0.2) is 17.5 Å². The van der Waals surface area contributed by atoms with Gasteiger partial charge in [0, 0.05) is 33.2 Å². The summed E-state index contributed by atoms with van der Waals surface area (Å²) >= 11 is 0. The van der Waals surface area contributed by atoms with E-state index in [2.05, 4.69) is 184 Å².